The summed E-state index contributed by atoms with van der Waals surface area (Å²) in [5.41, 5.74) is 0. The maximum atomic E-state index is 11.4. The molecule has 72 valence electrons. The molecule has 1 aliphatic rings. The van der Waals surface area contributed by atoms with Gasteiger partial charge in [0.1, 0.15) is 0 Å². The van der Waals surface area contributed by atoms with Crippen molar-refractivity contribution in [2.75, 3.05) is 6.54 Å². The Labute approximate surface area is 79.1 Å². The van der Waals surface area contributed by atoms with Gasteiger partial charge in [0.2, 0.25) is 5.91 Å². The summed E-state index contributed by atoms with van der Waals surface area (Å²) in [5, 5.41) is 11.1. The molecule has 13 heavy (non-hydrogen) atoms. The van der Waals surface area contributed by atoms with Gasteiger partial charge in [-0.3, -0.25) is 4.79 Å². The monoisotopic (exact) mass is 180 g/mol. The number of nitrogens with zero attached hydrogens (tertiary/aromatic N) is 1. The highest BCUT2D eigenvalue weighted by Crippen LogP contribution is 2.30. The standard InChI is InChI=1S/C10H16N2O/c1-8-3-4-9(7-8)10(13)12-6-2-5-11/h8-9H,2-4,6-7H2,1H3,(H,12,13). The van der Waals surface area contributed by atoms with Crippen LogP contribution in [0.1, 0.15) is 32.6 Å². The first-order chi connectivity index (χ1) is 6.24. The van der Waals surface area contributed by atoms with Gasteiger partial charge in [-0.2, -0.15) is 5.26 Å². The van der Waals surface area contributed by atoms with Crippen molar-refractivity contribution >= 4 is 5.91 Å². The van der Waals surface area contributed by atoms with Gasteiger partial charge < -0.3 is 5.32 Å². The molecule has 1 amide bonds. The molecule has 0 aromatic rings. The third-order valence-corrected chi connectivity index (χ3v) is 2.60. The van der Waals surface area contributed by atoms with Gasteiger partial charge in [0.25, 0.3) is 0 Å². The van der Waals surface area contributed by atoms with E-state index in [4.69, 9.17) is 5.26 Å². The molecule has 1 rings (SSSR count). The average molecular weight is 180 g/mol. The van der Waals surface area contributed by atoms with E-state index in [1.807, 2.05) is 6.07 Å². The van der Waals surface area contributed by atoms with Gasteiger partial charge in [-0.15, -0.1) is 0 Å². The first-order valence-corrected chi connectivity index (χ1v) is 4.88. The SMILES string of the molecule is CC1CCC(C(=O)NCCC#N)C1. The third kappa shape index (κ3) is 3.06. The van der Waals surface area contributed by atoms with E-state index in [2.05, 4.69) is 12.2 Å². The van der Waals surface area contributed by atoms with Crippen molar-refractivity contribution in [2.45, 2.75) is 32.6 Å². The van der Waals surface area contributed by atoms with Crippen molar-refractivity contribution in [3.8, 4) is 6.07 Å². The molecule has 3 nitrogen and oxygen atoms in total. The minimum atomic E-state index is 0.139. The second-order valence-electron chi connectivity index (χ2n) is 3.81. The molecule has 0 bridgehead atoms. The molecule has 0 aromatic heterocycles. The lowest BCUT2D eigenvalue weighted by Gasteiger charge is -2.08. The van der Waals surface area contributed by atoms with Gasteiger partial charge in [-0.05, 0) is 25.2 Å². The quantitative estimate of drug-likeness (QED) is 0.668. The summed E-state index contributed by atoms with van der Waals surface area (Å²) in [7, 11) is 0. The molecule has 0 aliphatic heterocycles. The summed E-state index contributed by atoms with van der Waals surface area (Å²) in [4.78, 5) is 11.4. The first-order valence-electron chi connectivity index (χ1n) is 4.88. The van der Waals surface area contributed by atoms with Crippen LogP contribution >= 0.6 is 0 Å². The van der Waals surface area contributed by atoms with E-state index in [-0.39, 0.29) is 11.8 Å². The fourth-order valence-corrected chi connectivity index (χ4v) is 1.83. The molecule has 1 aliphatic carbocycles. The van der Waals surface area contributed by atoms with Gasteiger partial charge in [0.15, 0.2) is 0 Å². The van der Waals surface area contributed by atoms with Crippen LogP contribution in [-0.4, -0.2) is 12.5 Å². The van der Waals surface area contributed by atoms with Crippen LogP contribution in [0.2, 0.25) is 0 Å². The molecule has 3 heteroatoms. The van der Waals surface area contributed by atoms with Crippen LogP contribution in [-0.2, 0) is 4.79 Å². The zero-order valence-electron chi connectivity index (χ0n) is 8.05. The van der Waals surface area contributed by atoms with Crippen molar-refractivity contribution in [3.05, 3.63) is 0 Å². The van der Waals surface area contributed by atoms with E-state index in [0.717, 1.165) is 19.3 Å². The lowest BCUT2D eigenvalue weighted by Crippen LogP contribution is -2.30. The number of hydrogen-bond acceptors (Lipinski definition) is 2. The summed E-state index contributed by atoms with van der Waals surface area (Å²) >= 11 is 0. The molecule has 0 radical (unpaired) electrons. The molecular weight excluding hydrogens is 164 g/mol. The lowest BCUT2D eigenvalue weighted by molar-refractivity contribution is -0.124. The third-order valence-electron chi connectivity index (χ3n) is 2.60. The highest BCUT2D eigenvalue weighted by Gasteiger charge is 2.26. The Morgan fingerprint density at radius 2 is 2.38 bits per heavy atom. The van der Waals surface area contributed by atoms with Crippen LogP contribution < -0.4 is 5.32 Å². The summed E-state index contributed by atoms with van der Waals surface area (Å²) in [6.45, 7) is 2.68. The Bertz CT molecular complexity index is 219. The smallest absolute Gasteiger partial charge is 0.223 e. The molecule has 0 aromatic carbocycles. The van der Waals surface area contributed by atoms with E-state index in [1.165, 1.54) is 0 Å². The summed E-state index contributed by atoms with van der Waals surface area (Å²) in [6.07, 6.45) is 3.60. The van der Waals surface area contributed by atoms with E-state index < -0.39 is 0 Å². The van der Waals surface area contributed by atoms with Gasteiger partial charge in [-0.25, -0.2) is 0 Å². The van der Waals surface area contributed by atoms with Crippen molar-refractivity contribution in [1.29, 1.82) is 5.26 Å². The molecule has 0 heterocycles. The number of carbonyl (C=O) groups is 1. The van der Waals surface area contributed by atoms with Gasteiger partial charge >= 0.3 is 0 Å². The highest BCUT2D eigenvalue weighted by atomic mass is 16.1. The average Bonchev–Trinajstić information content (AvgIpc) is 2.52. The second-order valence-corrected chi connectivity index (χ2v) is 3.81. The summed E-state index contributed by atoms with van der Waals surface area (Å²) in [6, 6.07) is 2.01. The van der Waals surface area contributed by atoms with E-state index in [1.54, 1.807) is 0 Å². The minimum Gasteiger partial charge on any atom is -0.355 e. The van der Waals surface area contributed by atoms with Gasteiger partial charge in [0.05, 0.1) is 12.5 Å². The molecule has 1 fully saturated rings. The van der Waals surface area contributed by atoms with Crippen molar-refractivity contribution in [3.63, 3.8) is 0 Å². The molecule has 1 N–H and O–H groups in total. The van der Waals surface area contributed by atoms with Crippen molar-refractivity contribution < 1.29 is 4.79 Å². The van der Waals surface area contributed by atoms with Crippen LogP contribution in [0.3, 0.4) is 0 Å². The predicted octanol–water partition coefficient (Wildman–Crippen LogP) is 1.45. The largest absolute Gasteiger partial charge is 0.355 e. The number of nitrogens with one attached hydrogen (secondary N) is 1. The van der Waals surface area contributed by atoms with Crippen LogP contribution in [0.5, 0.6) is 0 Å². The second kappa shape index (κ2) is 4.86. The Morgan fingerprint density at radius 1 is 1.62 bits per heavy atom. The molecule has 2 unspecified atom stereocenters. The Hall–Kier alpha value is -1.04. The Morgan fingerprint density at radius 3 is 2.92 bits per heavy atom. The number of nitriles is 1. The van der Waals surface area contributed by atoms with Crippen molar-refractivity contribution in [1.82, 2.24) is 5.32 Å². The number of hydrogen-bond donors (Lipinski definition) is 1. The highest BCUT2D eigenvalue weighted by molar-refractivity contribution is 5.78. The molecular formula is C10H16N2O. The predicted molar refractivity (Wildman–Crippen MR) is 49.7 cm³/mol. The van der Waals surface area contributed by atoms with Crippen LogP contribution in [0.25, 0.3) is 0 Å². The molecule has 1 saturated carbocycles. The van der Waals surface area contributed by atoms with Gasteiger partial charge in [-0.1, -0.05) is 6.92 Å². The van der Waals surface area contributed by atoms with E-state index >= 15 is 0 Å². The van der Waals surface area contributed by atoms with Crippen LogP contribution in [0.15, 0.2) is 0 Å². The molecule has 0 spiro atoms. The molecule has 0 saturated heterocycles. The minimum absolute atomic E-state index is 0.139. The topological polar surface area (TPSA) is 52.9 Å². The van der Waals surface area contributed by atoms with E-state index in [9.17, 15) is 4.79 Å². The Balaban J connectivity index is 2.21. The number of amides is 1. The maximum absolute atomic E-state index is 11.4. The van der Waals surface area contributed by atoms with Crippen LogP contribution in [0, 0.1) is 23.2 Å². The number of rotatable bonds is 3. The van der Waals surface area contributed by atoms with Crippen molar-refractivity contribution in [2.24, 2.45) is 11.8 Å². The normalized spacial score (nSPS) is 26.8. The lowest BCUT2D eigenvalue weighted by atomic mass is 10.1. The van der Waals surface area contributed by atoms with Gasteiger partial charge in [0, 0.05) is 12.5 Å². The fraction of sp³-hybridized carbons (Fsp3) is 0.800. The van der Waals surface area contributed by atoms with Crippen LogP contribution in [0.4, 0.5) is 0 Å². The zero-order valence-corrected chi connectivity index (χ0v) is 8.05. The fourth-order valence-electron chi connectivity index (χ4n) is 1.83. The maximum Gasteiger partial charge on any atom is 0.223 e. The summed E-state index contributed by atoms with van der Waals surface area (Å²) < 4.78 is 0. The summed E-state index contributed by atoms with van der Waals surface area (Å²) in [5.74, 6) is 1.03. The Kier molecular flexibility index (Phi) is 3.75. The zero-order chi connectivity index (χ0) is 9.68. The van der Waals surface area contributed by atoms with E-state index in [0.29, 0.717) is 18.9 Å². The number of carbonyl (C=O) groups excluding carboxylic acids is 1. The molecule has 2 atom stereocenters. The first kappa shape index (κ1) is 10.0.